The number of hydrogen-bond acceptors (Lipinski definition) is 1. The Kier molecular flexibility index (Phi) is 2.92. The molecule has 0 saturated heterocycles. The summed E-state index contributed by atoms with van der Waals surface area (Å²) in [4.78, 5) is 14.4. The zero-order chi connectivity index (χ0) is 13.2. The predicted molar refractivity (Wildman–Crippen MR) is 76.8 cm³/mol. The van der Waals surface area contributed by atoms with Crippen LogP contribution in [0.25, 0.3) is 11.1 Å². The van der Waals surface area contributed by atoms with Crippen molar-refractivity contribution in [3.63, 3.8) is 0 Å². The smallest absolute Gasteiger partial charge is 0.255 e. The topological polar surface area (TPSA) is 20.3 Å². The minimum absolute atomic E-state index is 0.0756. The van der Waals surface area contributed by atoms with Crippen LogP contribution in [0.15, 0.2) is 61.2 Å². The Morgan fingerprint density at radius 2 is 1.63 bits per heavy atom. The maximum Gasteiger partial charge on any atom is 0.255 e. The van der Waals surface area contributed by atoms with Crippen LogP contribution in [0.5, 0.6) is 0 Å². The molecule has 94 valence electrons. The van der Waals surface area contributed by atoms with E-state index in [1.54, 1.807) is 6.08 Å². The van der Waals surface area contributed by atoms with Crippen LogP contribution in [0.2, 0.25) is 0 Å². The van der Waals surface area contributed by atoms with E-state index in [4.69, 9.17) is 0 Å². The van der Waals surface area contributed by atoms with Crippen LogP contribution in [0, 0.1) is 0 Å². The summed E-state index contributed by atoms with van der Waals surface area (Å²) < 4.78 is 0. The summed E-state index contributed by atoms with van der Waals surface area (Å²) in [5.74, 6) is 0.0756. The van der Waals surface area contributed by atoms with Crippen LogP contribution < -0.4 is 0 Å². The lowest BCUT2D eigenvalue weighted by atomic mass is 9.97. The quantitative estimate of drug-likeness (QED) is 0.746. The van der Waals surface area contributed by atoms with Gasteiger partial charge in [0.1, 0.15) is 0 Å². The van der Waals surface area contributed by atoms with Crippen molar-refractivity contribution in [3.8, 4) is 11.1 Å². The molecular formula is C17H15NO. The molecule has 1 amide bonds. The Hall–Kier alpha value is -2.35. The minimum Gasteiger partial charge on any atom is -0.331 e. The molecule has 2 aromatic rings. The van der Waals surface area contributed by atoms with E-state index in [2.05, 4.69) is 18.7 Å². The van der Waals surface area contributed by atoms with Gasteiger partial charge in [0.2, 0.25) is 0 Å². The summed E-state index contributed by atoms with van der Waals surface area (Å²) >= 11 is 0. The standard InChI is InChI=1S/C17H15NO/c1-2-11-18-12-13-7-3-4-8-14(13)15-9-5-6-10-16(15)17(18)19/h2-10H,1,11-12H2. The Balaban J connectivity index is 2.23. The van der Waals surface area contributed by atoms with Crippen LogP contribution in [-0.4, -0.2) is 17.4 Å². The number of amides is 1. The third-order valence-corrected chi connectivity index (χ3v) is 3.46. The lowest BCUT2D eigenvalue weighted by Crippen LogP contribution is -2.29. The number of carbonyl (C=O) groups excluding carboxylic acids is 1. The van der Waals surface area contributed by atoms with Gasteiger partial charge in [-0.25, -0.2) is 0 Å². The number of carbonyl (C=O) groups is 1. The summed E-state index contributed by atoms with van der Waals surface area (Å²) in [5.41, 5.74) is 4.13. The normalized spacial score (nSPS) is 13.5. The van der Waals surface area contributed by atoms with Gasteiger partial charge in [-0.2, -0.15) is 0 Å². The van der Waals surface area contributed by atoms with Gasteiger partial charge in [0, 0.05) is 18.7 Å². The molecule has 3 rings (SSSR count). The van der Waals surface area contributed by atoms with Crippen molar-refractivity contribution < 1.29 is 4.79 Å². The number of rotatable bonds is 2. The van der Waals surface area contributed by atoms with Crippen molar-refractivity contribution in [1.29, 1.82) is 0 Å². The Bertz CT molecular complexity index is 645. The first kappa shape index (κ1) is 11.7. The highest BCUT2D eigenvalue weighted by molar-refractivity contribution is 6.02. The van der Waals surface area contributed by atoms with Crippen molar-refractivity contribution in [1.82, 2.24) is 4.90 Å². The maximum atomic E-state index is 12.6. The molecule has 0 fully saturated rings. The van der Waals surface area contributed by atoms with Crippen molar-refractivity contribution >= 4 is 5.91 Å². The fourth-order valence-corrected chi connectivity index (χ4v) is 2.58. The molecule has 0 saturated carbocycles. The van der Waals surface area contributed by atoms with E-state index < -0.39 is 0 Å². The summed E-state index contributed by atoms with van der Waals surface area (Å²) in [7, 11) is 0. The molecule has 0 radical (unpaired) electrons. The van der Waals surface area contributed by atoms with Gasteiger partial charge in [-0.3, -0.25) is 4.79 Å². The minimum atomic E-state index is 0.0756. The molecular weight excluding hydrogens is 234 g/mol. The van der Waals surface area contributed by atoms with Crippen LogP contribution in [-0.2, 0) is 6.54 Å². The Morgan fingerprint density at radius 3 is 2.37 bits per heavy atom. The highest BCUT2D eigenvalue weighted by Crippen LogP contribution is 2.32. The van der Waals surface area contributed by atoms with E-state index in [9.17, 15) is 4.79 Å². The van der Waals surface area contributed by atoms with Gasteiger partial charge in [0.25, 0.3) is 5.91 Å². The maximum absolute atomic E-state index is 12.6. The van der Waals surface area contributed by atoms with Gasteiger partial charge in [0.05, 0.1) is 0 Å². The van der Waals surface area contributed by atoms with Crippen molar-refractivity contribution in [2.45, 2.75) is 6.54 Å². The largest absolute Gasteiger partial charge is 0.331 e. The molecule has 2 aromatic carbocycles. The molecule has 0 unspecified atom stereocenters. The molecule has 19 heavy (non-hydrogen) atoms. The zero-order valence-electron chi connectivity index (χ0n) is 10.7. The van der Waals surface area contributed by atoms with Gasteiger partial charge >= 0.3 is 0 Å². The second kappa shape index (κ2) is 4.73. The van der Waals surface area contributed by atoms with Crippen LogP contribution in [0.3, 0.4) is 0 Å². The third-order valence-electron chi connectivity index (χ3n) is 3.46. The third kappa shape index (κ3) is 1.95. The summed E-state index contributed by atoms with van der Waals surface area (Å²) in [6.45, 7) is 4.94. The second-order valence-corrected chi connectivity index (χ2v) is 4.68. The fourth-order valence-electron chi connectivity index (χ4n) is 2.58. The van der Waals surface area contributed by atoms with E-state index in [1.807, 2.05) is 41.3 Å². The SMILES string of the molecule is C=CCN1Cc2ccccc2-c2ccccc2C1=O. The first-order valence-electron chi connectivity index (χ1n) is 6.38. The van der Waals surface area contributed by atoms with Gasteiger partial charge in [-0.1, -0.05) is 48.5 Å². The molecule has 0 N–H and O–H groups in total. The molecule has 1 aliphatic heterocycles. The van der Waals surface area contributed by atoms with Crippen LogP contribution in [0.1, 0.15) is 15.9 Å². The molecule has 2 heteroatoms. The molecule has 2 nitrogen and oxygen atoms in total. The molecule has 0 atom stereocenters. The van der Waals surface area contributed by atoms with E-state index >= 15 is 0 Å². The monoisotopic (exact) mass is 249 g/mol. The average molecular weight is 249 g/mol. The number of benzene rings is 2. The summed E-state index contributed by atoms with van der Waals surface area (Å²) in [6, 6.07) is 16.0. The Labute approximate surface area is 113 Å². The first-order chi connectivity index (χ1) is 9.31. The fraction of sp³-hybridized carbons (Fsp3) is 0.118. The molecule has 0 bridgehead atoms. The Morgan fingerprint density at radius 1 is 1.00 bits per heavy atom. The van der Waals surface area contributed by atoms with Gasteiger partial charge < -0.3 is 4.90 Å². The lowest BCUT2D eigenvalue weighted by Gasteiger charge is -2.19. The molecule has 1 heterocycles. The summed E-state index contributed by atoms with van der Waals surface area (Å²) in [5, 5.41) is 0. The van der Waals surface area contributed by atoms with Gasteiger partial charge in [-0.05, 0) is 22.8 Å². The average Bonchev–Trinajstić information content (AvgIpc) is 2.57. The number of fused-ring (bicyclic) bond motifs is 3. The number of nitrogens with zero attached hydrogens (tertiary/aromatic N) is 1. The predicted octanol–water partition coefficient (Wildman–Crippen LogP) is 3.50. The van der Waals surface area contributed by atoms with Crippen molar-refractivity contribution in [2.24, 2.45) is 0 Å². The second-order valence-electron chi connectivity index (χ2n) is 4.68. The van der Waals surface area contributed by atoms with Gasteiger partial charge in [-0.15, -0.1) is 6.58 Å². The molecule has 0 aromatic heterocycles. The van der Waals surface area contributed by atoms with E-state index in [0.29, 0.717) is 13.1 Å². The highest BCUT2D eigenvalue weighted by Gasteiger charge is 2.24. The van der Waals surface area contributed by atoms with Crippen molar-refractivity contribution in [2.75, 3.05) is 6.54 Å². The van der Waals surface area contributed by atoms with E-state index in [-0.39, 0.29) is 5.91 Å². The molecule has 0 spiro atoms. The zero-order valence-corrected chi connectivity index (χ0v) is 10.7. The molecule has 1 aliphatic rings. The lowest BCUT2D eigenvalue weighted by molar-refractivity contribution is 0.0766. The van der Waals surface area contributed by atoms with Crippen molar-refractivity contribution in [3.05, 3.63) is 72.3 Å². The van der Waals surface area contributed by atoms with E-state index in [0.717, 1.165) is 16.7 Å². The molecule has 0 aliphatic carbocycles. The summed E-state index contributed by atoms with van der Waals surface area (Å²) in [6.07, 6.45) is 1.77. The first-order valence-corrected chi connectivity index (χ1v) is 6.38. The number of hydrogen-bond donors (Lipinski definition) is 0. The van der Waals surface area contributed by atoms with Crippen LogP contribution in [0.4, 0.5) is 0 Å². The van der Waals surface area contributed by atoms with Gasteiger partial charge in [0.15, 0.2) is 0 Å². The van der Waals surface area contributed by atoms with E-state index in [1.165, 1.54) is 5.56 Å². The van der Waals surface area contributed by atoms with Crippen LogP contribution >= 0.6 is 0 Å². The highest BCUT2D eigenvalue weighted by atomic mass is 16.2.